The molecule has 0 fully saturated rings. The van der Waals surface area contributed by atoms with Crippen molar-refractivity contribution in [3.63, 3.8) is 0 Å². The maximum absolute atomic E-state index is 10.7. The van der Waals surface area contributed by atoms with Crippen LogP contribution in [0.3, 0.4) is 0 Å². The summed E-state index contributed by atoms with van der Waals surface area (Å²) in [5.41, 5.74) is 6.98. The van der Waals surface area contributed by atoms with Gasteiger partial charge in [0.25, 0.3) is 0 Å². The standard InChI is InChI=1S/C28H28NOP/c1-20-14-15-26(31-27-18-21(2)16-22(3)28(27)30)23(17-20)19-29(24-10-6-4-7-11-24)25-12-8-5-9-13-25/h4-18,30-31H,19H2,1-3H3. The van der Waals surface area contributed by atoms with E-state index in [2.05, 4.69) is 104 Å². The lowest BCUT2D eigenvalue weighted by atomic mass is 10.1. The van der Waals surface area contributed by atoms with E-state index in [9.17, 15) is 5.11 Å². The lowest BCUT2D eigenvalue weighted by molar-refractivity contribution is 0.475. The van der Waals surface area contributed by atoms with Gasteiger partial charge in [0.1, 0.15) is 5.75 Å². The highest BCUT2D eigenvalue weighted by Gasteiger charge is 2.15. The highest BCUT2D eigenvalue weighted by atomic mass is 31.1. The summed E-state index contributed by atoms with van der Waals surface area (Å²) in [5.74, 6) is 0.415. The third kappa shape index (κ3) is 4.98. The molecule has 0 aliphatic rings. The van der Waals surface area contributed by atoms with Crippen molar-refractivity contribution in [1.82, 2.24) is 0 Å². The summed E-state index contributed by atoms with van der Waals surface area (Å²) in [4.78, 5) is 2.35. The first-order chi connectivity index (χ1) is 15.0. The zero-order valence-corrected chi connectivity index (χ0v) is 19.3. The monoisotopic (exact) mass is 425 g/mol. The molecule has 0 amide bonds. The molecule has 0 heterocycles. The Bertz CT molecular complexity index is 1130. The Morgan fingerprint density at radius 3 is 1.90 bits per heavy atom. The lowest BCUT2D eigenvalue weighted by Gasteiger charge is -2.26. The number of hydrogen-bond donors (Lipinski definition) is 1. The van der Waals surface area contributed by atoms with E-state index in [1.165, 1.54) is 33.4 Å². The Labute approximate surface area is 187 Å². The fourth-order valence-corrected chi connectivity index (χ4v) is 5.28. The summed E-state index contributed by atoms with van der Waals surface area (Å²) in [7, 11) is 0.402. The van der Waals surface area contributed by atoms with Gasteiger partial charge in [0.15, 0.2) is 0 Å². The average Bonchev–Trinajstić information content (AvgIpc) is 2.78. The minimum absolute atomic E-state index is 0.402. The third-order valence-corrected chi connectivity index (χ3v) is 6.85. The van der Waals surface area contributed by atoms with E-state index in [4.69, 9.17) is 0 Å². The summed E-state index contributed by atoms with van der Waals surface area (Å²) >= 11 is 0. The number of aromatic hydroxyl groups is 1. The Kier molecular flexibility index (Phi) is 6.39. The first kappa shape index (κ1) is 21.2. The van der Waals surface area contributed by atoms with Crippen LogP contribution in [0.25, 0.3) is 0 Å². The molecule has 0 saturated carbocycles. The van der Waals surface area contributed by atoms with Crippen molar-refractivity contribution in [3.05, 3.63) is 113 Å². The van der Waals surface area contributed by atoms with Crippen LogP contribution in [0.5, 0.6) is 5.75 Å². The number of rotatable bonds is 6. The van der Waals surface area contributed by atoms with Crippen molar-refractivity contribution >= 4 is 30.6 Å². The van der Waals surface area contributed by atoms with Crippen molar-refractivity contribution in [2.45, 2.75) is 27.3 Å². The van der Waals surface area contributed by atoms with Gasteiger partial charge in [-0.05, 0) is 73.1 Å². The molecule has 0 aliphatic carbocycles. The number of aryl methyl sites for hydroxylation is 3. The summed E-state index contributed by atoms with van der Waals surface area (Å²) in [6, 6.07) is 31.8. The van der Waals surface area contributed by atoms with Crippen molar-refractivity contribution in [3.8, 4) is 5.75 Å². The molecule has 0 aliphatic heterocycles. The highest BCUT2D eigenvalue weighted by Crippen LogP contribution is 2.29. The summed E-state index contributed by atoms with van der Waals surface area (Å²) in [6.07, 6.45) is 0. The summed E-state index contributed by atoms with van der Waals surface area (Å²) in [5, 5.41) is 12.9. The van der Waals surface area contributed by atoms with E-state index in [-0.39, 0.29) is 0 Å². The minimum Gasteiger partial charge on any atom is -0.507 e. The van der Waals surface area contributed by atoms with Crippen molar-refractivity contribution in [1.29, 1.82) is 0 Å². The number of nitrogens with zero attached hydrogens (tertiary/aromatic N) is 1. The number of phenolic OH excluding ortho intramolecular Hbond substituents is 1. The molecule has 4 rings (SSSR count). The molecule has 31 heavy (non-hydrogen) atoms. The van der Waals surface area contributed by atoms with Crippen LogP contribution >= 0.6 is 8.58 Å². The van der Waals surface area contributed by atoms with Gasteiger partial charge >= 0.3 is 0 Å². The van der Waals surface area contributed by atoms with Gasteiger partial charge in [0.2, 0.25) is 0 Å². The second kappa shape index (κ2) is 9.37. The molecule has 156 valence electrons. The summed E-state index contributed by atoms with van der Waals surface area (Å²) < 4.78 is 0. The first-order valence-electron chi connectivity index (χ1n) is 10.6. The molecule has 4 aromatic rings. The van der Waals surface area contributed by atoms with Crippen molar-refractivity contribution in [2.24, 2.45) is 0 Å². The quantitative estimate of drug-likeness (QED) is 0.367. The molecule has 4 aromatic carbocycles. The molecular weight excluding hydrogens is 397 g/mol. The molecule has 2 nitrogen and oxygen atoms in total. The van der Waals surface area contributed by atoms with Crippen molar-refractivity contribution < 1.29 is 5.11 Å². The molecule has 1 atom stereocenters. The maximum atomic E-state index is 10.7. The van der Waals surface area contributed by atoms with Crippen LogP contribution < -0.4 is 15.5 Å². The van der Waals surface area contributed by atoms with Gasteiger partial charge in [-0.15, -0.1) is 0 Å². The zero-order chi connectivity index (χ0) is 21.8. The Balaban J connectivity index is 1.74. The van der Waals surface area contributed by atoms with E-state index < -0.39 is 0 Å². The van der Waals surface area contributed by atoms with Gasteiger partial charge < -0.3 is 10.0 Å². The van der Waals surface area contributed by atoms with Gasteiger partial charge in [0, 0.05) is 23.2 Å². The second-order valence-electron chi connectivity index (χ2n) is 8.02. The third-order valence-electron chi connectivity index (χ3n) is 5.44. The topological polar surface area (TPSA) is 23.5 Å². The van der Waals surface area contributed by atoms with Gasteiger partial charge in [-0.3, -0.25) is 0 Å². The van der Waals surface area contributed by atoms with Crippen LogP contribution in [0.4, 0.5) is 11.4 Å². The SMILES string of the molecule is Cc1ccc(Pc2cc(C)cc(C)c2O)c(CN(c2ccccc2)c2ccccc2)c1. The first-order valence-corrected chi connectivity index (χ1v) is 11.6. The van der Waals surface area contributed by atoms with Crippen LogP contribution in [0.1, 0.15) is 22.3 Å². The number of phenols is 1. The number of anilines is 2. The minimum atomic E-state index is 0.402. The van der Waals surface area contributed by atoms with E-state index in [1.807, 2.05) is 13.0 Å². The summed E-state index contributed by atoms with van der Waals surface area (Å²) in [6.45, 7) is 6.96. The number of hydrogen-bond acceptors (Lipinski definition) is 2. The Morgan fingerprint density at radius 1 is 0.677 bits per heavy atom. The Morgan fingerprint density at radius 2 is 1.29 bits per heavy atom. The van der Waals surface area contributed by atoms with Gasteiger partial charge in [-0.2, -0.15) is 0 Å². The van der Waals surface area contributed by atoms with E-state index >= 15 is 0 Å². The normalized spacial score (nSPS) is 11.2. The van der Waals surface area contributed by atoms with Crippen LogP contribution in [-0.4, -0.2) is 5.11 Å². The largest absolute Gasteiger partial charge is 0.507 e. The van der Waals surface area contributed by atoms with Crippen LogP contribution in [0.2, 0.25) is 0 Å². The molecule has 1 N–H and O–H groups in total. The van der Waals surface area contributed by atoms with Gasteiger partial charge in [-0.25, -0.2) is 0 Å². The predicted molar refractivity (Wildman–Crippen MR) is 135 cm³/mol. The average molecular weight is 426 g/mol. The molecule has 0 radical (unpaired) electrons. The molecule has 1 unspecified atom stereocenters. The molecular formula is C28H28NOP. The molecule has 0 bridgehead atoms. The van der Waals surface area contributed by atoms with Crippen molar-refractivity contribution in [2.75, 3.05) is 4.90 Å². The predicted octanol–water partition coefficient (Wildman–Crippen LogP) is 6.29. The molecule has 0 spiro atoms. The fraction of sp³-hybridized carbons (Fsp3) is 0.143. The highest BCUT2D eigenvalue weighted by molar-refractivity contribution is 7.55. The maximum Gasteiger partial charge on any atom is 0.126 e. The van der Waals surface area contributed by atoms with E-state index in [0.29, 0.717) is 14.3 Å². The number of benzene rings is 4. The molecule has 0 saturated heterocycles. The fourth-order valence-electron chi connectivity index (χ4n) is 3.89. The Hall–Kier alpha value is -3.09. The smallest absolute Gasteiger partial charge is 0.126 e. The van der Waals surface area contributed by atoms with Crippen LogP contribution in [-0.2, 0) is 6.54 Å². The van der Waals surface area contributed by atoms with Crippen LogP contribution in [0.15, 0.2) is 91.0 Å². The van der Waals surface area contributed by atoms with Crippen LogP contribution in [0, 0.1) is 20.8 Å². The second-order valence-corrected chi connectivity index (χ2v) is 9.35. The lowest BCUT2D eigenvalue weighted by Crippen LogP contribution is -2.21. The van der Waals surface area contributed by atoms with Gasteiger partial charge in [0.05, 0.1) is 0 Å². The van der Waals surface area contributed by atoms with E-state index in [1.54, 1.807) is 0 Å². The zero-order valence-electron chi connectivity index (χ0n) is 18.3. The van der Waals surface area contributed by atoms with E-state index in [0.717, 1.165) is 17.4 Å². The molecule has 0 aromatic heterocycles. The number of para-hydroxylation sites is 2. The molecule has 3 heteroatoms. The van der Waals surface area contributed by atoms with Gasteiger partial charge in [-0.1, -0.05) is 74.8 Å².